The van der Waals surface area contributed by atoms with Crippen LogP contribution >= 0.6 is 11.6 Å². The second-order valence-corrected chi connectivity index (χ2v) is 6.34. The van der Waals surface area contributed by atoms with Crippen molar-refractivity contribution in [2.45, 2.75) is 45.7 Å². The zero-order chi connectivity index (χ0) is 16.5. The number of hydrogen-bond donors (Lipinski definition) is 1. The van der Waals surface area contributed by atoms with Gasteiger partial charge in [-0.25, -0.2) is 0 Å². The van der Waals surface area contributed by atoms with Gasteiger partial charge in [-0.2, -0.15) is 0 Å². The predicted molar refractivity (Wildman–Crippen MR) is 98.3 cm³/mol. The normalized spacial score (nSPS) is 12.1. The molecule has 1 N–H and O–H groups in total. The standard InChI is InChI=1S/C20H26ClNO/c1-3-13-23-20-12-11-19(21)14-18(20)15-22-16(2)9-10-17-7-5-4-6-8-17/h4-8,11-12,14,16,22H,3,9-10,13,15H2,1-2H3/t16-/m0/s1. The summed E-state index contributed by atoms with van der Waals surface area (Å²) < 4.78 is 5.80. The molecule has 0 aliphatic carbocycles. The molecule has 0 amide bonds. The van der Waals surface area contributed by atoms with Crippen molar-refractivity contribution in [1.29, 1.82) is 0 Å². The minimum Gasteiger partial charge on any atom is -0.493 e. The van der Waals surface area contributed by atoms with Gasteiger partial charge < -0.3 is 10.1 Å². The van der Waals surface area contributed by atoms with Gasteiger partial charge in [0.25, 0.3) is 0 Å². The Bertz CT molecular complexity index is 585. The lowest BCUT2D eigenvalue weighted by molar-refractivity contribution is 0.312. The molecule has 0 unspecified atom stereocenters. The van der Waals surface area contributed by atoms with Crippen molar-refractivity contribution < 1.29 is 4.74 Å². The Morgan fingerprint density at radius 1 is 1.13 bits per heavy atom. The minimum absolute atomic E-state index is 0.438. The molecule has 2 rings (SSSR count). The molecule has 0 radical (unpaired) electrons. The third kappa shape index (κ3) is 6.25. The van der Waals surface area contributed by atoms with Gasteiger partial charge in [-0.3, -0.25) is 0 Å². The molecule has 2 aromatic rings. The van der Waals surface area contributed by atoms with Gasteiger partial charge in [-0.1, -0.05) is 48.9 Å². The van der Waals surface area contributed by atoms with Gasteiger partial charge in [-0.05, 0) is 49.9 Å². The molecule has 23 heavy (non-hydrogen) atoms. The van der Waals surface area contributed by atoms with Crippen LogP contribution in [-0.4, -0.2) is 12.6 Å². The molecule has 0 bridgehead atoms. The summed E-state index contributed by atoms with van der Waals surface area (Å²) in [6.45, 7) is 5.84. The molecular formula is C20H26ClNO. The number of aryl methyl sites for hydroxylation is 1. The van der Waals surface area contributed by atoms with Crippen LogP contribution in [0.4, 0.5) is 0 Å². The highest BCUT2D eigenvalue weighted by Gasteiger charge is 2.07. The summed E-state index contributed by atoms with van der Waals surface area (Å²) in [6, 6.07) is 16.9. The summed E-state index contributed by atoms with van der Waals surface area (Å²) in [5.41, 5.74) is 2.51. The highest BCUT2D eigenvalue weighted by Crippen LogP contribution is 2.23. The summed E-state index contributed by atoms with van der Waals surface area (Å²) in [6.07, 6.45) is 3.20. The molecule has 0 saturated carbocycles. The van der Waals surface area contributed by atoms with Crippen LogP contribution in [0.15, 0.2) is 48.5 Å². The topological polar surface area (TPSA) is 21.3 Å². The van der Waals surface area contributed by atoms with Crippen molar-refractivity contribution in [2.75, 3.05) is 6.61 Å². The second-order valence-electron chi connectivity index (χ2n) is 5.91. The Hall–Kier alpha value is -1.51. The highest BCUT2D eigenvalue weighted by molar-refractivity contribution is 6.30. The number of hydrogen-bond acceptors (Lipinski definition) is 2. The van der Waals surface area contributed by atoms with Crippen LogP contribution < -0.4 is 10.1 Å². The maximum Gasteiger partial charge on any atom is 0.123 e. The Morgan fingerprint density at radius 2 is 1.91 bits per heavy atom. The van der Waals surface area contributed by atoms with E-state index in [1.165, 1.54) is 5.56 Å². The summed E-state index contributed by atoms with van der Waals surface area (Å²) in [5, 5.41) is 4.33. The van der Waals surface area contributed by atoms with E-state index in [0.29, 0.717) is 6.04 Å². The number of rotatable bonds is 9. The van der Waals surface area contributed by atoms with E-state index in [9.17, 15) is 0 Å². The highest BCUT2D eigenvalue weighted by atomic mass is 35.5. The molecule has 0 fully saturated rings. The van der Waals surface area contributed by atoms with Crippen LogP contribution in [0.3, 0.4) is 0 Å². The van der Waals surface area contributed by atoms with Crippen LogP contribution in [0.25, 0.3) is 0 Å². The molecule has 3 heteroatoms. The monoisotopic (exact) mass is 331 g/mol. The van der Waals surface area contributed by atoms with Crippen molar-refractivity contribution in [1.82, 2.24) is 5.32 Å². The molecule has 0 heterocycles. The maximum atomic E-state index is 6.12. The molecule has 0 aliphatic rings. The third-order valence-corrected chi connectivity index (χ3v) is 4.07. The molecule has 0 spiro atoms. The smallest absolute Gasteiger partial charge is 0.123 e. The summed E-state index contributed by atoms with van der Waals surface area (Å²) in [4.78, 5) is 0. The summed E-state index contributed by atoms with van der Waals surface area (Å²) in [7, 11) is 0. The second kappa shape index (κ2) is 9.59. The van der Waals surface area contributed by atoms with E-state index < -0.39 is 0 Å². The average Bonchev–Trinajstić information content (AvgIpc) is 2.58. The molecule has 0 saturated heterocycles. The number of halogens is 1. The first-order chi connectivity index (χ1) is 11.2. The van der Waals surface area contributed by atoms with Crippen molar-refractivity contribution in [3.05, 3.63) is 64.7 Å². The van der Waals surface area contributed by atoms with Crippen LogP contribution in [-0.2, 0) is 13.0 Å². The quantitative estimate of drug-likeness (QED) is 0.678. The van der Waals surface area contributed by atoms with E-state index in [2.05, 4.69) is 49.5 Å². The average molecular weight is 332 g/mol. The van der Waals surface area contributed by atoms with Crippen molar-refractivity contribution >= 4 is 11.6 Å². The maximum absolute atomic E-state index is 6.12. The number of nitrogens with one attached hydrogen (secondary N) is 1. The van der Waals surface area contributed by atoms with E-state index in [1.54, 1.807) is 0 Å². The first-order valence-electron chi connectivity index (χ1n) is 8.37. The van der Waals surface area contributed by atoms with Gasteiger partial charge in [0.05, 0.1) is 6.61 Å². The zero-order valence-corrected chi connectivity index (χ0v) is 14.8. The van der Waals surface area contributed by atoms with Crippen molar-refractivity contribution in [3.63, 3.8) is 0 Å². The molecule has 2 nitrogen and oxygen atoms in total. The van der Waals surface area contributed by atoms with Crippen molar-refractivity contribution in [3.8, 4) is 5.75 Å². The van der Waals surface area contributed by atoms with Crippen LogP contribution in [0, 0.1) is 0 Å². The SMILES string of the molecule is CCCOc1ccc(Cl)cc1CN[C@@H](C)CCc1ccccc1. The van der Waals surface area contributed by atoms with Gasteiger partial charge in [-0.15, -0.1) is 0 Å². The Balaban J connectivity index is 1.85. The summed E-state index contributed by atoms with van der Waals surface area (Å²) >= 11 is 6.12. The van der Waals surface area contributed by atoms with E-state index in [1.807, 2.05) is 18.2 Å². The van der Waals surface area contributed by atoms with E-state index in [-0.39, 0.29) is 0 Å². The van der Waals surface area contributed by atoms with Crippen LogP contribution in [0.2, 0.25) is 5.02 Å². The molecular weight excluding hydrogens is 306 g/mol. The first-order valence-corrected chi connectivity index (χ1v) is 8.75. The van der Waals surface area contributed by atoms with Crippen LogP contribution in [0.1, 0.15) is 37.8 Å². The molecule has 124 valence electrons. The van der Waals surface area contributed by atoms with E-state index >= 15 is 0 Å². The Labute approximate surface area is 144 Å². The molecule has 2 aromatic carbocycles. The summed E-state index contributed by atoms with van der Waals surface area (Å²) in [5.74, 6) is 0.930. The van der Waals surface area contributed by atoms with E-state index in [4.69, 9.17) is 16.3 Å². The van der Waals surface area contributed by atoms with Gasteiger partial charge in [0.2, 0.25) is 0 Å². The lowest BCUT2D eigenvalue weighted by Crippen LogP contribution is -2.26. The predicted octanol–water partition coefficient (Wildman–Crippen LogP) is 5.24. The van der Waals surface area contributed by atoms with Gasteiger partial charge in [0.1, 0.15) is 5.75 Å². The lowest BCUT2D eigenvalue weighted by Gasteiger charge is -2.16. The number of ether oxygens (including phenoxy) is 1. The minimum atomic E-state index is 0.438. The molecule has 0 aliphatic heterocycles. The number of benzene rings is 2. The largest absolute Gasteiger partial charge is 0.493 e. The van der Waals surface area contributed by atoms with Gasteiger partial charge >= 0.3 is 0 Å². The third-order valence-electron chi connectivity index (χ3n) is 3.83. The van der Waals surface area contributed by atoms with Crippen molar-refractivity contribution in [2.24, 2.45) is 0 Å². The van der Waals surface area contributed by atoms with Gasteiger partial charge in [0.15, 0.2) is 0 Å². The fourth-order valence-electron chi connectivity index (χ4n) is 2.45. The zero-order valence-electron chi connectivity index (χ0n) is 14.0. The molecule has 0 aromatic heterocycles. The molecule has 1 atom stereocenters. The Kier molecular flexibility index (Phi) is 7.44. The fraction of sp³-hybridized carbons (Fsp3) is 0.400. The van der Waals surface area contributed by atoms with Gasteiger partial charge in [0, 0.05) is 23.2 Å². The Morgan fingerprint density at radius 3 is 2.65 bits per heavy atom. The van der Waals surface area contributed by atoms with E-state index in [0.717, 1.165) is 48.7 Å². The van der Waals surface area contributed by atoms with Crippen LogP contribution in [0.5, 0.6) is 5.75 Å². The lowest BCUT2D eigenvalue weighted by atomic mass is 10.1. The fourth-order valence-corrected chi connectivity index (χ4v) is 2.65. The first kappa shape index (κ1) is 17.8.